The molecule has 4 nitrogen and oxygen atoms in total. The summed E-state index contributed by atoms with van der Waals surface area (Å²) >= 11 is 0. The van der Waals surface area contributed by atoms with E-state index < -0.39 is 0 Å². The minimum atomic E-state index is 0.322. The van der Waals surface area contributed by atoms with E-state index >= 15 is 0 Å². The van der Waals surface area contributed by atoms with Crippen LogP contribution >= 0.6 is 0 Å². The molecule has 0 saturated carbocycles. The number of hydrogen-bond donors (Lipinski definition) is 0. The monoisotopic (exact) mass is 332 g/mol. The van der Waals surface area contributed by atoms with Crippen LogP contribution in [0, 0.1) is 5.41 Å². The van der Waals surface area contributed by atoms with Gasteiger partial charge in [-0.25, -0.2) is 0 Å². The summed E-state index contributed by atoms with van der Waals surface area (Å²) in [4.78, 5) is 0. The Labute approximate surface area is 149 Å². The highest BCUT2D eigenvalue weighted by Gasteiger charge is 2.16. The fraction of sp³-hybridized carbons (Fsp3) is 0.333. The summed E-state index contributed by atoms with van der Waals surface area (Å²) in [5, 5.41) is 16.9. The third-order valence-electron chi connectivity index (χ3n) is 4.17. The van der Waals surface area contributed by atoms with E-state index in [2.05, 4.69) is 72.4 Å². The molecule has 1 atom stereocenters. The normalized spacial score (nSPS) is 12.8. The molecule has 3 rings (SSSR count). The summed E-state index contributed by atoms with van der Waals surface area (Å²) < 4.78 is 0. The van der Waals surface area contributed by atoms with Gasteiger partial charge in [0.15, 0.2) is 0 Å². The maximum absolute atomic E-state index is 4.24. The van der Waals surface area contributed by atoms with Gasteiger partial charge in [0.1, 0.15) is 0 Å². The van der Waals surface area contributed by atoms with Crippen LogP contribution in [-0.2, 0) is 0 Å². The molecule has 2 aromatic carbocycles. The standard InChI is InChI=1S/C21H24N4/c1-15(14-21(2,3)4)16-10-12-18(13-11-16)20-24-22-19(23-25-20)17-8-6-5-7-9-17/h5-13,15H,14H2,1-4H3. The van der Waals surface area contributed by atoms with Crippen molar-refractivity contribution in [1.82, 2.24) is 20.4 Å². The molecule has 4 heteroatoms. The molecule has 1 heterocycles. The molecule has 25 heavy (non-hydrogen) atoms. The molecule has 0 spiro atoms. The number of aromatic nitrogens is 4. The molecule has 0 saturated heterocycles. The third-order valence-corrected chi connectivity index (χ3v) is 4.17. The number of benzene rings is 2. The van der Waals surface area contributed by atoms with Crippen LogP contribution in [0.3, 0.4) is 0 Å². The minimum Gasteiger partial charge on any atom is -0.126 e. The van der Waals surface area contributed by atoms with E-state index in [1.165, 1.54) is 5.56 Å². The Morgan fingerprint density at radius 2 is 1.20 bits per heavy atom. The van der Waals surface area contributed by atoms with Gasteiger partial charge in [0, 0.05) is 11.1 Å². The van der Waals surface area contributed by atoms with Crippen LogP contribution in [0.15, 0.2) is 54.6 Å². The topological polar surface area (TPSA) is 51.6 Å². The second-order valence-electron chi connectivity index (χ2n) is 7.70. The maximum atomic E-state index is 4.24. The Morgan fingerprint density at radius 1 is 0.720 bits per heavy atom. The molecular weight excluding hydrogens is 308 g/mol. The summed E-state index contributed by atoms with van der Waals surface area (Å²) in [5.74, 6) is 1.61. The highest BCUT2D eigenvalue weighted by atomic mass is 15.3. The summed E-state index contributed by atoms with van der Waals surface area (Å²) in [5.41, 5.74) is 3.51. The van der Waals surface area contributed by atoms with Crippen molar-refractivity contribution < 1.29 is 0 Å². The fourth-order valence-corrected chi connectivity index (χ4v) is 3.04. The van der Waals surface area contributed by atoms with Crippen LogP contribution < -0.4 is 0 Å². The van der Waals surface area contributed by atoms with Gasteiger partial charge in [-0.05, 0) is 23.3 Å². The van der Waals surface area contributed by atoms with Gasteiger partial charge in [-0.3, -0.25) is 0 Å². The summed E-state index contributed by atoms with van der Waals surface area (Å²) in [6.07, 6.45) is 1.15. The molecule has 0 N–H and O–H groups in total. The Bertz CT molecular complexity index is 803. The van der Waals surface area contributed by atoms with Crippen molar-refractivity contribution in [2.24, 2.45) is 5.41 Å². The Morgan fingerprint density at radius 3 is 1.68 bits per heavy atom. The van der Waals surface area contributed by atoms with E-state index in [0.717, 1.165) is 17.5 Å². The molecule has 0 radical (unpaired) electrons. The largest absolute Gasteiger partial charge is 0.203 e. The Kier molecular flexibility index (Phi) is 4.88. The van der Waals surface area contributed by atoms with E-state index in [0.29, 0.717) is 23.0 Å². The average molecular weight is 332 g/mol. The van der Waals surface area contributed by atoms with Crippen LogP contribution in [0.25, 0.3) is 22.8 Å². The first-order valence-corrected chi connectivity index (χ1v) is 8.65. The SMILES string of the molecule is CC(CC(C)(C)C)c1ccc(-c2nnc(-c3ccccc3)nn2)cc1. The molecule has 1 aromatic heterocycles. The smallest absolute Gasteiger partial charge is 0.126 e. The first-order valence-electron chi connectivity index (χ1n) is 8.65. The van der Waals surface area contributed by atoms with Gasteiger partial charge >= 0.3 is 0 Å². The van der Waals surface area contributed by atoms with Crippen molar-refractivity contribution in [3.8, 4) is 22.8 Å². The molecule has 128 valence electrons. The first kappa shape index (κ1) is 17.2. The maximum Gasteiger partial charge on any atom is 0.203 e. The lowest BCUT2D eigenvalue weighted by atomic mass is 9.82. The van der Waals surface area contributed by atoms with Crippen LogP contribution in [0.2, 0.25) is 0 Å². The van der Waals surface area contributed by atoms with E-state index in [1.54, 1.807) is 0 Å². The second kappa shape index (κ2) is 7.09. The predicted molar refractivity (Wildman–Crippen MR) is 101 cm³/mol. The number of nitrogens with zero attached hydrogens (tertiary/aromatic N) is 4. The van der Waals surface area contributed by atoms with Crippen molar-refractivity contribution in [1.29, 1.82) is 0 Å². The highest BCUT2D eigenvalue weighted by Crippen LogP contribution is 2.31. The lowest BCUT2D eigenvalue weighted by molar-refractivity contribution is 0.349. The van der Waals surface area contributed by atoms with Crippen LogP contribution in [0.1, 0.15) is 45.6 Å². The Hall–Kier alpha value is -2.62. The van der Waals surface area contributed by atoms with Crippen LogP contribution in [0.5, 0.6) is 0 Å². The number of hydrogen-bond acceptors (Lipinski definition) is 4. The molecule has 0 fully saturated rings. The van der Waals surface area contributed by atoms with Crippen LogP contribution in [-0.4, -0.2) is 20.4 Å². The van der Waals surface area contributed by atoms with Gasteiger partial charge in [-0.2, -0.15) is 0 Å². The Balaban J connectivity index is 1.76. The van der Waals surface area contributed by atoms with Gasteiger partial charge in [0.25, 0.3) is 0 Å². The molecule has 0 aliphatic carbocycles. The zero-order valence-electron chi connectivity index (χ0n) is 15.3. The zero-order chi connectivity index (χ0) is 17.9. The van der Waals surface area contributed by atoms with Crippen molar-refractivity contribution >= 4 is 0 Å². The molecular formula is C21H24N4. The van der Waals surface area contributed by atoms with Crippen molar-refractivity contribution in [2.75, 3.05) is 0 Å². The highest BCUT2D eigenvalue weighted by molar-refractivity contribution is 5.57. The quantitative estimate of drug-likeness (QED) is 0.664. The van der Waals surface area contributed by atoms with Gasteiger partial charge in [0.05, 0.1) is 0 Å². The molecule has 0 amide bonds. The fourth-order valence-electron chi connectivity index (χ4n) is 3.04. The molecule has 0 aliphatic heterocycles. The van der Waals surface area contributed by atoms with E-state index in [1.807, 2.05) is 30.3 Å². The second-order valence-corrected chi connectivity index (χ2v) is 7.70. The lowest BCUT2D eigenvalue weighted by Crippen LogP contribution is -2.09. The minimum absolute atomic E-state index is 0.322. The summed E-state index contributed by atoms with van der Waals surface area (Å²) in [6, 6.07) is 18.2. The first-order chi connectivity index (χ1) is 11.9. The predicted octanol–water partition coefficient (Wildman–Crippen LogP) is 5.14. The van der Waals surface area contributed by atoms with E-state index in [-0.39, 0.29) is 0 Å². The summed E-state index contributed by atoms with van der Waals surface area (Å²) in [7, 11) is 0. The number of rotatable bonds is 4. The van der Waals surface area contributed by atoms with Gasteiger partial charge < -0.3 is 0 Å². The average Bonchev–Trinajstić information content (AvgIpc) is 2.61. The van der Waals surface area contributed by atoms with Crippen molar-refractivity contribution in [2.45, 2.75) is 40.0 Å². The molecule has 3 aromatic rings. The van der Waals surface area contributed by atoms with Gasteiger partial charge in [-0.15, -0.1) is 20.4 Å². The van der Waals surface area contributed by atoms with Gasteiger partial charge in [0.2, 0.25) is 11.6 Å². The van der Waals surface area contributed by atoms with E-state index in [9.17, 15) is 0 Å². The molecule has 0 aliphatic rings. The van der Waals surface area contributed by atoms with Crippen molar-refractivity contribution in [3.05, 3.63) is 60.2 Å². The molecule has 0 bridgehead atoms. The lowest BCUT2D eigenvalue weighted by Gasteiger charge is -2.23. The van der Waals surface area contributed by atoms with E-state index in [4.69, 9.17) is 0 Å². The third kappa shape index (κ3) is 4.47. The summed E-state index contributed by atoms with van der Waals surface area (Å²) in [6.45, 7) is 9.10. The van der Waals surface area contributed by atoms with Crippen LogP contribution in [0.4, 0.5) is 0 Å². The van der Waals surface area contributed by atoms with Gasteiger partial charge in [-0.1, -0.05) is 82.3 Å². The van der Waals surface area contributed by atoms with Crippen molar-refractivity contribution in [3.63, 3.8) is 0 Å². The zero-order valence-corrected chi connectivity index (χ0v) is 15.3. The molecule has 1 unspecified atom stereocenters.